The molecule has 0 spiro atoms. The predicted molar refractivity (Wildman–Crippen MR) is 80.4 cm³/mol. The van der Waals surface area contributed by atoms with Gasteiger partial charge in [0.15, 0.2) is 6.29 Å². The maximum atomic E-state index is 12.5. The number of carbonyl (C=O) groups is 1. The number of rotatable bonds is 5. The molecule has 21 heavy (non-hydrogen) atoms. The van der Waals surface area contributed by atoms with Gasteiger partial charge in [0.05, 0.1) is 24.9 Å². The molecule has 1 fully saturated rings. The molecule has 1 amide bonds. The van der Waals surface area contributed by atoms with E-state index in [1.54, 1.807) is 4.90 Å². The van der Waals surface area contributed by atoms with Crippen LogP contribution in [0.15, 0.2) is 18.2 Å². The van der Waals surface area contributed by atoms with Gasteiger partial charge < -0.3 is 19.1 Å². The molecule has 0 radical (unpaired) electrons. The molecule has 0 aliphatic carbocycles. The molecule has 1 aromatic carbocycles. The normalized spacial score (nSPS) is 17.0. The summed E-state index contributed by atoms with van der Waals surface area (Å²) in [6.45, 7) is 7.10. The molecule has 1 unspecified atom stereocenters. The molecule has 1 aliphatic heterocycles. The van der Waals surface area contributed by atoms with Crippen LogP contribution in [0.5, 0.6) is 0 Å². The monoisotopic (exact) mass is 293 g/mol. The zero-order chi connectivity index (χ0) is 15.4. The van der Waals surface area contributed by atoms with E-state index in [9.17, 15) is 4.79 Å². The van der Waals surface area contributed by atoms with Gasteiger partial charge in [0.1, 0.15) is 6.61 Å². The lowest BCUT2D eigenvalue weighted by Crippen LogP contribution is -2.48. The number of anilines is 1. The lowest BCUT2D eigenvalue weighted by molar-refractivity contribution is -0.125. The number of ether oxygens (including phenoxy) is 3. The molecular weight excluding hydrogens is 270 g/mol. The van der Waals surface area contributed by atoms with Gasteiger partial charge in [0.25, 0.3) is 5.91 Å². The average Bonchev–Trinajstić information content (AvgIpc) is 2.96. The molecule has 1 heterocycles. The minimum atomic E-state index is -0.398. The Balaban J connectivity index is 2.37. The van der Waals surface area contributed by atoms with Crippen LogP contribution in [-0.4, -0.2) is 45.2 Å². The van der Waals surface area contributed by atoms with Crippen LogP contribution in [0.1, 0.15) is 18.1 Å². The average molecular weight is 293 g/mol. The highest BCUT2D eigenvalue weighted by atomic mass is 16.7. The number of hydrogen-bond acceptors (Lipinski definition) is 4. The Kier molecular flexibility index (Phi) is 5.33. The van der Waals surface area contributed by atoms with Crippen molar-refractivity contribution in [3.63, 3.8) is 0 Å². The topological polar surface area (TPSA) is 48.0 Å². The van der Waals surface area contributed by atoms with E-state index in [1.807, 2.05) is 39.0 Å². The Morgan fingerprint density at radius 3 is 2.43 bits per heavy atom. The van der Waals surface area contributed by atoms with Crippen molar-refractivity contribution in [1.82, 2.24) is 0 Å². The first kappa shape index (κ1) is 15.9. The van der Waals surface area contributed by atoms with Gasteiger partial charge in [-0.05, 0) is 31.9 Å². The van der Waals surface area contributed by atoms with Gasteiger partial charge in [0, 0.05) is 7.11 Å². The van der Waals surface area contributed by atoms with Crippen molar-refractivity contribution >= 4 is 11.6 Å². The molecule has 116 valence electrons. The quantitative estimate of drug-likeness (QED) is 0.833. The first-order chi connectivity index (χ1) is 10.1. The van der Waals surface area contributed by atoms with Crippen molar-refractivity contribution < 1.29 is 19.0 Å². The fourth-order valence-electron chi connectivity index (χ4n) is 2.71. The van der Waals surface area contributed by atoms with E-state index >= 15 is 0 Å². The summed E-state index contributed by atoms with van der Waals surface area (Å²) >= 11 is 0. The second-order valence-corrected chi connectivity index (χ2v) is 5.29. The van der Waals surface area contributed by atoms with Gasteiger partial charge in [-0.3, -0.25) is 4.79 Å². The molecule has 1 aliphatic rings. The summed E-state index contributed by atoms with van der Waals surface area (Å²) in [5, 5.41) is 0. The third kappa shape index (κ3) is 3.43. The van der Waals surface area contributed by atoms with Crippen LogP contribution in [0.25, 0.3) is 0 Å². The molecular formula is C16H23NO4. The van der Waals surface area contributed by atoms with Gasteiger partial charge in [-0.1, -0.05) is 18.2 Å². The van der Waals surface area contributed by atoms with E-state index in [0.29, 0.717) is 13.2 Å². The van der Waals surface area contributed by atoms with E-state index in [4.69, 9.17) is 14.2 Å². The number of nitrogens with zero attached hydrogens (tertiary/aromatic N) is 1. The van der Waals surface area contributed by atoms with Gasteiger partial charge >= 0.3 is 0 Å². The Bertz CT molecular complexity index is 477. The zero-order valence-corrected chi connectivity index (χ0v) is 13.1. The minimum Gasteiger partial charge on any atom is -0.375 e. The number of amides is 1. The Morgan fingerprint density at radius 1 is 1.33 bits per heavy atom. The van der Waals surface area contributed by atoms with Crippen molar-refractivity contribution in [3.8, 4) is 0 Å². The summed E-state index contributed by atoms with van der Waals surface area (Å²) in [5.41, 5.74) is 3.00. The third-order valence-corrected chi connectivity index (χ3v) is 3.67. The molecule has 1 atom stereocenters. The maximum Gasteiger partial charge on any atom is 0.253 e. The molecule has 0 bridgehead atoms. The Labute approximate surface area is 125 Å². The van der Waals surface area contributed by atoms with Crippen LogP contribution in [0.3, 0.4) is 0 Å². The Morgan fingerprint density at radius 2 is 1.90 bits per heavy atom. The molecule has 2 rings (SSSR count). The lowest BCUT2D eigenvalue weighted by atomic mass is 10.1. The summed E-state index contributed by atoms with van der Waals surface area (Å²) in [5.74, 6) is -0.0958. The van der Waals surface area contributed by atoms with E-state index in [2.05, 4.69) is 0 Å². The number of methoxy groups -OCH3 is 1. The highest BCUT2D eigenvalue weighted by Crippen LogP contribution is 2.29. The molecule has 0 aromatic heterocycles. The van der Waals surface area contributed by atoms with E-state index in [-0.39, 0.29) is 18.6 Å². The number of hydrogen-bond donors (Lipinski definition) is 0. The highest BCUT2D eigenvalue weighted by Gasteiger charge is 2.33. The van der Waals surface area contributed by atoms with Crippen molar-refractivity contribution in [2.75, 3.05) is 31.8 Å². The second kappa shape index (κ2) is 7.02. The van der Waals surface area contributed by atoms with Gasteiger partial charge in [-0.2, -0.15) is 0 Å². The fraction of sp³-hybridized carbons (Fsp3) is 0.562. The van der Waals surface area contributed by atoms with Crippen molar-refractivity contribution in [3.05, 3.63) is 29.3 Å². The molecule has 1 saturated heterocycles. The summed E-state index contributed by atoms with van der Waals surface area (Å²) in [7, 11) is 1.52. The number of para-hydroxylation sites is 1. The Hall–Kier alpha value is -1.43. The van der Waals surface area contributed by atoms with Gasteiger partial charge in [0.2, 0.25) is 0 Å². The summed E-state index contributed by atoms with van der Waals surface area (Å²) in [6.07, 6.45) is -0.398. The number of aryl methyl sites for hydroxylation is 2. The summed E-state index contributed by atoms with van der Waals surface area (Å²) in [6, 6.07) is 5.77. The van der Waals surface area contributed by atoms with Gasteiger partial charge in [-0.25, -0.2) is 0 Å². The van der Waals surface area contributed by atoms with Crippen LogP contribution in [0, 0.1) is 13.8 Å². The van der Waals surface area contributed by atoms with Crippen LogP contribution < -0.4 is 4.90 Å². The summed E-state index contributed by atoms with van der Waals surface area (Å²) < 4.78 is 16.2. The van der Waals surface area contributed by atoms with Crippen molar-refractivity contribution in [2.24, 2.45) is 0 Å². The molecule has 0 N–H and O–H groups in total. The van der Waals surface area contributed by atoms with Crippen LogP contribution in [0.2, 0.25) is 0 Å². The van der Waals surface area contributed by atoms with Crippen molar-refractivity contribution in [1.29, 1.82) is 0 Å². The molecule has 0 saturated carbocycles. The lowest BCUT2D eigenvalue weighted by Gasteiger charge is -2.34. The summed E-state index contributed by atoms with van der Waals surface area (Å²) in [4.78, 5) is 14.3. The van der Waals surface area contributed by atoms with Crippen molar-refractivity contribution in [2.45, 2.75) is 33.1 Å². The van der Waals surface area contributed by atoms with Gasteiger partial charge in [-0.15, -0.1) is 0 Å². The van der Waals surface area contributed by atoms with Crippen LogP contribution in [-0.2, 0) is 19.0 Å². The van der Waals surface area contributed by atoms with E-state index < -0.39 is 6.29 Å². The molecule has 1 aromatic rings. The molecule has 5 heteroatoms. The minimum absolute atomic E-state index is 0.0326. The second-order valence-electron chi connectivity index (χ2n) is 5.29. The number of benzene rings is 1. The van der Waals surface area contributed by atoms with Crippen LogP contribution in [0.4, 0.5) is 5.69 Å². The largest absolute Gasteiger partial charge is 0.375 e. The maximum absolute atomic E-state index is 12.5. The first-order valence-corrected chi connectivity index (χ1v) is 7.16. The first-order valence-electron chi connectivity index (χ1n) is 7.16. The SMILES string of the molecule is COCC(=O)N(c1c(C)cccc1C)C(C)C1OCCO1. The van der Waals surface area contributed by atoms with E-state index in [0.717, 1.165) is 16.8 Å². The standard InChI is InChI=1S/C16H23NO4/c1-11-6-5-7-12(2)15(11)17(14(18)10-19-4)13(3)16-20-8-9-21-16/h5-7,13,16H,8-10H2,1-4H3. The fourth-order valence-corrected chi connectivity index (χ4v) is 2.71. The molecule has 5 nitrogen and oxygen atoms in total. The van der Waals surface area contributed by atoms with Crippen LogP contribution >= 0.6 is 0 Å². The number of carbonyl (C=O) groups excluding carboxylic acids is 1. The highest BCUT2D eigenvalue weighted by molar-refractivity contribution is 5.96. The predicted octanol–water partition coefficient (Wildman–Crippen LogP) is 2.04. The third-order valence-electron chi connectivity index (χ3n) is 3.67. The zero-order valence-electron chi connectivity index (χ0n) is 13.1. The van der Waals surface area contributed by atoms with E-state index in [1.165, 1.54) is 7.11 Å². The smallest absolute Gasteiger partial charge is 0.253 e.